The van der Waals surface area contributed by atoms with Gasteiger partial charge in [-0.2, -0.15) is 0 Å². The minimum absolute atomic E-state index is 0.644. The van der Waals surface area contributed by atoms with E-state index >= 15 is 0 Å². The molecule has 0 unspecified atom stereocenters. The maximum Gasteiger partial charge on any atom is 0.190 e. The van der Waals surface area contributed by atoms with Gasteiger partial charge in [0.2, 0.25) is 0 Å². The Morgan fingerprint density at radius 1 is 1.55 bits per heavy atom. The summed E-state index contributed by atoms with van der Waals surface area (Å²) in [5.74, 6) is 1.60. The predicted molar refractivity (Wildman–Crippen MR) is 47.5 cm³/mol. The second kappa shape index (κ2) is 3.60. The lowest BCUT2D eigenvalue weighted by atomic mass is 10.3. The third-order valence-corrected chi connectivity index (χ3v) is 1.97. The normalized spacial score (nSPS) is 18.5. The fraction of sp³-hybridized carbons (Fsp3) is 0.875. The van der Waals surface area contributed by atoms with Gasteiger partial charge in [-0.25, -0.2) is 0 Å². The zero-order valence-electron chi connectivity index (χ0n) is 7.38. The highest BCUT2D eigenvalue weighted by molar-refractivity contribution is 5.77. The molecule has 0 radical (unpaired) electrons. The molecule has 0 aromatic carbocycles. The Kier molecular flexibility index (Phi) is 2.74. The van der Waals surface area contributed by atoms with Gasteiger partial charge >= 0.3 is 0 Å². The van der Waals surface area contributed by atoms with E-state index in [1.807, 2.05) is 19.0 Å². The average Bonchev–Trinajstić information content (AvgIpc) is 2.71. The van der Waals surface area contributed by atoms with Gasteiger partial charge in [0.25, 0.3) is 0 Å². The summed E-state index contributed by atoms with van der Waals surface area (Å²) in [7, 11) is 3.83. The van der Waals surface area contributed by atoms with Crippen molar-refractivity contribution in [2.24, 2.45) is 16.6 Å². The summed E-state index contributed by atoms with van der Waals surface area (Å²) in [5, 5.41) is 0. The van der Waals surface area contributed by atoms with Gasteiger partial charge in [-0.05, 0) is 12.3 Å². The van der Waals surface area contributed by atoms with E-state index in [0.29, 0.717) is 5.96 Å². The summed E-state index contributed by atoms with van der Waals surface area (Å²) in [6.45, 7) is 0.898. The number of guanidine groups is 1. The summed E-state index contributed by atoms with van der Waals surface area (Å²) in [6, 6.07) is 0. The Morgan fingerprint density at radius 2 is 2.18 bits per heavy atom. The minimum Gasteiger partial charge on any atom is -0.370 e. The molecule has 1 rings (SSSR count). The van der Waals surface area contributed by atoms with Crippen LogP contribution in [0.3, 0.4) is 0 Å². The van der Waals surface area contributed by atoms with Gasteiger partial charge in [0, 0.05) is 20.6 Å². The predicted octanol–water partition coefficient (Wildman–Crippen LogP) is 0.663. The Hall–Kier alpha value is -0.730. The number of hydrogen-bond donors (Lipinski definition) is 1. The standard InChI is InChI=1S/C8H17N3/c1-11(2)8(9)10-6-5-7-3-4-7/h7H,3-6H2,1-2H3,(H2,9,10). The first-order chi connectivity index (χ1) is 5.20. The first kappa shape index (κ1) is 8.37. The van der Waals surface area contributed by atoms with Crippen LogP contribution in [-0.4, -0.2) is 31.5 Å². The molecule has 1 aliphatic rings. The number of nitrogens with two attached hydrogens (primary N) is 1. The van der Waals surface area contributed by atoms with Crippen molar-refractivity contribution in [3.05, 3.63) is 0 Å². The molecule has 0 aromatic rings. The quantitative estimate of drug-likeness (QED) is 0.480. The molecule has 0 aromatic heterocycles. The first-order valence-electron chi connectivity index (χ1n) is 4.17. The van der Waals surface area contributed by atoms with E-state index in [2.05, 4.69) is 4.99 Å². The van der Waals surface area contributed by atoms with Crippen LogP contribution in [0.2, 0.25) is 0 Å². The smallest absolute Gasteiger partial charge is 0.190 e. The van der Waals surface area contributed by atoms with Crippen molar-refractivity contribution in [3.8, 4) is 0 Å². The van der Waals surface area contributed by atoms with Crippen molar-refractivity contribution in [2.45, 2.75) is 19.3 Å². The number of rotatable bonds is 3. The van der Waals surface area contributed by atoms with Crippen molar-refractivity contribution in [2.75, 3.05) is 20.6 Å². The molecule has 3 heteroatoms. The van der Waals surface area contributed by atoms with Crippen molar-refractivity contribution in [1.29, 1.82) is 0 Å². The van der Waals surface area contributed by atoms with Crippen molar-refractivity contribution >= 4 is 5.96 Å². The lowest BCUT2D eigenvalue weighted by molar-refractivity contribution is 0.605. The van der Waals surface area contributed by atoms with Crippen molar-refractivity contribution in [1.82, 2.24) is 4.90 Å². The first-order valence-corrected chi connectivity index (χ1v) is 4.17. The van der Waals surface area contributed by atoms with E-state index < -0.39 is 0 Å². The molecule has 0 atom stereocenters. The van der Waals surface area contributed by atoms with Crippen LogP contribution in [-0.2, 0) is 0 Å². The van der Waals surface area contributed by atoms with Gasteiger partial charge in [0.15, 0.2) is 5.96 Å². The number of aliphatic imine (C=N–C) groups is 1. The zero-order valence-corrected chi connectivity index (χ0v) is 7.38. The molecular weight excluding hydrogens is 138 g/mol. The molecule has 0 amide bonds. The molecule has 64 valence electrons. The average molecular weight is 155 g/mol. The Morgan fingerprint density at radius 3 is 2.64 bits per heavy atom. The highest BCUT2D eigenvalue weighted by Gasteiger charge is 2.19. The van der Waals surface area contributed by atoms with E-state index in [9.17, 15) is 0 Å². The van der Waals surface area contributed by atoms with Crippen LogP contribution >= 0.6 is 0 Å². The van der Waals surface area contributed by atoms with Gasteiger partial charge in [-0.1, -0.05) is 12.8 Å². The topological polar surface area (TPSA) is 41.6 Å². The van der Waals surface area contributed by atoms with Crippen LogP contribution in [0.25, 0.3) is 0 Å². The van der Waals surface area contributed by atoms with E-state index in [-0.39, 0.29) is 0 Å². The van der Waals surface area contributed by atoms with Crippen LogP contribution in [0.5, 0.6) is 0 Å². The summed E-state index contributed by atoms with van der Waals surface area (Å²) in [4.78, 5) is 6.06. The van der Waals surface area contributed by atoms with Crippen molar-refractivity contribution < 1.29 is 0 Å². The van der Waals surface area contributed by atoms with Gasteiger partial charge in [0.05, 0.1) is 0 Å². The highest BCUT2D eigenvalue weighted by Crippen LogP contribution is 2.31. The Balaban J connectivity index is 2.10. The Bertz CT molecular complexity index is 147. The zero-order chi connectivity index (χ0) is 8.27. The van der Waals surface area contributed by atoms with Crippen LogP contribution in [0.1, 0.15) is 19.3 Å². The fourth-order valence-corrected chi connectivity index (χ4v) is 0.910. The summed E-state index contributed by atoms with van der Waals surface area (Å²) in [6.07, 6.45) is 4.02. The lowest BCUT2D eigenvalue weighted by Crippen LogP contribution is -2.30. The van der Waals surface area contributed by atoms with Gasteiger partial charge in [-0.15, -0.1) is 0 Å². The largest absolute Gasteiger partial charge is 0.370 e. The molecular formula is C8H17N3. The van der Waals surface area contributed by atoms with E-state index in [1.165, 1.54) is 19.3 Å². The molecule has 1 aliphatic carbocycles. The van der Waals surface area contributed by atoms with E-state index in [0.717, 1.165) is 12.5 Å². The highest BCUT2D eigenvalue weighted by atomic mass is 15.2. The monoisotopic (exact) mass is 155 g/mol. The lowest BCUT2D eigenvalue weighted by Gasteiger charge is -2.09. The molecule has 0 heterocycles. The molecule has 0 aliphatic heterocycles. The number of hydrogen-bond acceptors (Lipinski definition) is 1. The van der Waals surface area contributed by atoms with E-state index in [1.54, 1.807) is 0 Å². The number of nitrogens with zero attached hydrogens (tertiary/aromatic N) is 2. The maximum atomic E-state index is 5.60. The van der Waals surface area contributed by atoms with Gasteiger partial charge in [0.1, 0.15) is 0 Å². The Labute approximate surface area is 68.3 Å². The summed E-state index contributed by atoms with van der Waals surface area (Å²) >= 11 is 0. The molecule has 0 spiro atoms. The molecule has 1 saturated carbocycles. The van der Waals surface area contributed by atoms with Gasteiger partial charge < -0.3 is 10.6 Å². The van der Waals surface area contributed by atoms with Crippen LogP contribution in [0.4, 0.5) is 0 Å². The second-order valence-corrected chi connectivity index (χ2v) is 3.37. The molecule has 2 N–H and O–H groups in total. The van der Waals surface area contributed by atoms with E-state index in [4.69, 9.17) is 5.73 Å². The molecule has 3 nitrogen and oxygen atoms in total. The summed E-state index contributed by atoms with van der Waals surface area (Å²) < 4.78 is 0. The molecule has 1 fully saturated rings. The van der Waals surface area contributed by atoms with Crippen molar-refractivity contribution in [3.63, 3.8) is 0 Å². The second-order valence-electron chi connectivity index (χ2n) is 3.37. The van der Waals surface area contributed by atoms with Crippen LogP contribution in [0.15, 0.2) is 4.99 Å². The third kappa shape index (κ3) is 3.25. The van der Waals surface area contributed by atoms with Gasteiger partial charge in [-0.3, -0.25) is 4.99 Å². The molecule has 11 heavy (non-hydrogen) atoms. The third-order valence-electron chi connectivity index (χ3n) is 1.97. The van der Waals surface area contributed by atoms with Crippen LogP contribution in [0, 0.1) is 5.92 Å². The minimum atomic E-state index is 0.644. The molecule has 0 bridgehead atoms. The maximum absolute atomic E-state index is 5.60. The fourth-order valence-electron chi connectivity index (χ4n) is 0.910. The SMILES string of the molecule is CN(C)C(N)=NCCC1CC1. The van der Waals surface area contributed by atoms with Crippen LogP contribution < -0.4 is 5.73 Å². The summed E-state index contributed by atoms with van der Waals surface area (Å²) in [5.41, 5.74) is 5.60. The molecule has 0 saturated heterocycles.